The van der Waals surface area contributed by atoms with Gasteiger partial charge in [0.1, 0.15) is 0 Å². The van der Waals surface area contributed by atoms with Gasteiger partial charge in [-0.25, -0.2) is 45.5 Å². The van der Waals surface area contributed by atoms with Gasteiger partial charge in [0.15, 0.2) is 0 Å². The van der Waals surface area contributed by atoms with Crippen molar-refractivity contribution in [3.63, 3.8) is 0 Å². The molecule has 0 bridgehead atoms. The molecule has 0 aliphatic carbocycles. The molecule has 0 spiro atoms. The molecule has 274 valence electrons. The largest absolute Gasteiger partial charge is 0.462 e. The predicted octanol–water partition coefficient (Wildman–Crippen LogP) is 5.90. The van der Waals surface area contributed by atoms with Crippen LogP contribution in [-0.2, 0) is 29.5 Å². The van der Waals surface area contributed by atoms with Crippen molar-refractivity contribution in [3.05, 3.63) is 119 Å². The maximum atomic E-state index is 12.5. The summed E-state index contributed by atoms with van der Waals surface area (Å²) in [6.07, 6.45) is 2.46. The first kappa shape index (κ1) is 39.1. The number of esters is 2. The van der Waals surface area contributed by atoms with E-state index in [-0.39, 0.29) is 45.5 Å². The summed E-state index contributed by atoms with van der Waals surface area (Å²) < 4.78 is 64.3. The lowest BCUT2D eigenvalue weighted by Crippen LogP contribution is -2.34. The van der Waals surface area contributed by atoms with E-state index in [1.165, 1.54) is 72.8 Å². The average Bonchev–Trinajstić information content (AvgIpc) is 3.09. The highest BCUT2D eigenvalue weighted by Crippen LogP contribution is 2.16. The van der Waals surface area contributed by atoms with E-state index in [4.69, 9.17) is 9.47 Å². The van der Waals surface area contributed by atoms with E-state index >= 15 is 0 Å². The number of nitrogens with one attached hydrogen (secondary N) is 4. The number of anilines is 2. The second kappa shape index (κ2) is 18.0. The zero-order valence-electron chi connectivity index (χ0n) is 28.4. The number of carbonyl (C=O) groups is 4. The summed E-state index contributed by atoms with van der Waals surface area (Å²) in [4.78, 5) is 49.6. The first-order valence-electron chi connectivity index (χ1n) is 16.1. The smallest absolute Gasteiger partial charge is 0.338 e. The molecule has 4 N–H and O–H groups in total. The number of urea groups is 2. The van der Waals surface area contributed by atoms with Gasteiger partial charge in [0, 0.05) is 11.4 Å². The quantitative estimate of drug-likeness (QED) is 0.0837. The molecule has 0 fully saturated rings. The van der Waals surface area contributed by atoms with Crippen molar-refractivity contribution in [2.75, 3.05) is 23.8 Å². The molecule has 4 amide bonds. The Morgan fingerprint density at radius 3 is 1.25 bits per heavy atom. The molecule has 4 aromatic rings. The van der Waals surface area contributed by atoms with E-state index < -0.39 is 44.0 Å². The number of amides is 4. The molecule has 0 saturated heterocycles. The van der Waals surface area contributed by atoms with Crippen molar-refractivity contribution < 1.29 is 45.5 Å². The highest BCUT2D eigenvalue weighted by molar-refractivity contribution is 7.90. The molecular formula is C36H38N4O10S2. The van der Waals surface area contributed by atoms with Gasteiger partial charge >= 0.3 is 24.0 Å². The van der Waals surface area contributed by atoms with Crippen molar-refractivity contribution in [1.82, 2.24) is 9.44 Å². The van der Waals surface area contributed by atoms with Crippen LogP contribution in [0.15, 0.2) is 107 Å². The molecule has 0 aliphatic rings. The average molecular weight is 751 g/mol. The first-order valence-corrected chi connectivity index (χ1v) is 19.0. The maximum Gasteiger partial charge on any atom is 0.338 e. The number of hydrogen-bond acceptors (Lipinski definition) is 10. The van der Waals surface area contributed by atoms with Crippen LogP contribution in [0.5, 0.6) is 0 Å². The van der Waals surface area contributed by atoms with Gasteiger partial charge in [-0.3, -0.25) is 0 Å². The fourth-order valence-corrected chi connectivity index (χ4v) is 6.43. The first-order chi connectivity index (χ1) is 24.7. The Morgan fingerprint density at radius 2 is 0.885 bits per heavy atom. The van der Waals surface area contributed by atoms with Crippen molar-refractivity contribution in [2.45, 2.75) is 49.3 Å². The molecule has 0 aromatic heterocycles. The van der Waals surface area contributed by atoms with Gasteiger partial charge in [0.25, 0.3) is 20.0 Å². The fourth-order valence-electron chi connectivity index (χ4n) is 4.61. The van der Waals surface area contributed by atoms with E-state index in [0.29, 0.717) is 25.7 Å². The molecule has 4 aromatic carbocycles. The highest BCUT2D eigenvalue weighted by atomic mass is 32.2. The van der Waals surface area contributed by atoms with Gasteiger partial charge in [-0.1, -0.05) is 47.5 Å². The Morgan fingerprint density at radius 1 is 0.519 bits per heavy atom. The highest BCUT2D eigenvalue weighted by Gasteiger charge is 2.19. The fraction of sp³-hybridized carbons (Fsp3) is 0.222. The monoisotopic (exact) mass is 750 g/mol. The van der Waals surface area contributed by atoms with Crippen molar-refractivity contribution in [1.29, 1.82) is 0 Å². The zero-order chi connectivity index (χ0) is 37.7. The van der Waals surface area contributed by atoms with E-state index in [9.17, 15) is 36.0 Å². The number of unbranched alkanes of at least 4 members (excludes halogenated alkanes) is 3. The normalized spacial score (nSPS) is 11.2. The molecule has 0 heterocycles. The Kier molecular flexibility index (Phi) is 13.5. The molecule has 0 radical (unpaired) electrons. The van der Waals surface area contributed by atoms with Crippen LogP contribution >= 0.6 is 0 Å². The number of sulfonamides is 2. The van der Waals surface area contributed by atoms with E-state index in [1.54, 1.807) is 38.1 Å². The van der Waals surface area contributed by atoms with Crippen LogP contribution in [0.2, 0.25) is 0 Å². The number of aryl methyl sites for hydroxylation is 2. The summed E-state index contributed by atoms with van der Waals surface area (Å²) in [5.74, 6) is -1.24. The van der Waals surface area contributed by atoms with Crippen molar-refractivity contribution >= 4 is 55.4 Å². The summed E-state index contributed by atoms with van der Waals surface area (Å²) in [6.45, 7) is 3.87. The standard InChI is InChI=1S/C36H38N4O10S2/c1-25-13-17-31(18-14-25)51(45,46)39-35(43)37-29-11-7-9-27(23-29)33(41)49-21-5-3-4-6-22-50-34(42)28-10-8-12-30(24-28)38-36(44)40-52(47,48)32-19-15-26(2)16-20-32/h7-20,23-24H,3-6,21-22H2,1-2H3,(H2,37,39,43)(H2,38,40,44). The van der Waals surface area contributed by atoms with Crippen LogP contribution in [0.4, 0.5) is 21.0 Å². The van der Waals surface area contributed by atoms with Gasteiger partial charge in [0.2, 0.25) is 0 Å². The van der Waals surface area contributed by atoms with Crippen LogP contribution < -0.4 is 20.1 Å². The summed E-state index contributed by atoms with van der Waals surface area (Å²) in [5.41, 5.74) is 2.45. The Balaban J connectivity index is 1.12. The van der Waals surface area contributed by atoms with E-state index in [2.05, 4.69) is 10.6 Å². The van der Waals surface area contributed by atoms with E-state index in [0.717, 1.165) is 11.1 Å². The number of carbonyl (C=O) groups excluding carboxylic acids is 4. The summed E-state index contributed by atoms with van der Waals surface area (Å²) in [6, 6.07) is 21.8. The van der Waals surface area contributed by atoms with Crippen LogP contribution in [-0.4, -0.2) is 54.1 Å². The Bertz CT molecular complexity index is 1970. The molecule has 16 heteroatoms. The predicted molar refractivity (Wildman–Crippen MR) is 193 cm³/mol. The minimum absolute atomic E-state index is 0.0666. The minimum Gasteiger partial charge on any atom is -0.462 e. The maximum absolute atomic E-state index is 12.5. The number of rotatable bonds is 15. The Hall–Kier alpha value is -5.74. The van der Waals surface area contributed by atoms with Crippen molar-refractivity contribution in [3.8, 4) is 0 Å². The molecular weight excluding hydrogens is 713 g/mol. The van der Waals surface area contributed by atoms with Gasteiger partial charge in [0.05, 0.1) is 34.1 Å². The third-order valence-electron chi connectivity index (χ3n) is 7.33. The van der Waals surface area contributed by atoms with Gasteiger partial charge in [-0.2, -0.15) is 0 Å². The lowest BCUT2D eigenvalue weighted by atomic mass is 10.2. The lowest BCUT2D eigenvalue weighted by molar-refractivity contribution is 0.0474. The lowest BCUT2D eigenvalue weighted by Gasteiger charge is -2.10. The number of benzene rings is 4. The molecule has 0 unspecified atom stereocenters. The third-order valence-corrected chi connectivity index (χ3v) is 10.0. The molecule has 0 atom stereocenters. The second-order valence-corrected chi connectivity index (χ2v) is 15.0. The molecule has 52 heavy (non-hydrogen) atoms. The third kappa shape index (κ3) is 11.9. The SMILES string of the molecule is Cc1ccc(S(=O)(=O)NC(=O)Nc2cccc(C(=O)OCCCCCCOC(=O)c3cccc(NC(=O)NS(=O)(=O)c4ccc(C)cc4)c3)c2)cc1. The second-order valence-electron chi connectivity index (χ2n) is 11.6. The van der Waals surface area contributed by atoms with Crippen LogP contribution in [0.25, 0.3) is 0 Å². The zero-order valence-corrected chi connectivity index (χ0v) is 30.0. The summed E-state index contributed by atoms with van der Waals surface area (Å²) >= 11 is 0. The minimum atomic E-state index is -4.09. The van der Waals surface area contributed by atoms with Gasteiger partial charge in [-0.15, -0.1) is 0 Å². The van der Waals surface area contributed by atoms with Crippen LogP contribution in [0.1, 0.15) is 57.5 Å². The molecule has 14 nitrogen and oxygen atoms in total. The van der Waals surface area contributed by atoms with E-state index in [1.807, 2.05) is 9.44 Å². The Labute approximate surface area is 302 Å². The number of ether oxygens (including phenoxy) is 2. The molecule has 0 saturated carbocycles. The number of hydrogen-bond donors (Lipinski definition) is 4. The van der Waals surface area contributed by atoms with Crippen LogP contribution in [0, 0.1) is 13.8 Å². The molecule has 4 rings (SSSR count). The topological polar surface area (TPSA) is 203 Å². The summed E-state index contributed by atoms with van der Waals surface area (Å²) in [5, 5.41) is 4.80. The van der Waals surface area contributed by atoms with Crippen LogP contribution in [0.3, 0.4) is 0 Å². The summed E-state index contributed by atoms with van der Waals surface area (Å²) in [7, 11) is -8.18. The molecule has 0 aliphatic heterocycles. The van der Waals surface area contributed by atoms with Crippen molar-refractivity contribution in [2.24, 2.45) is 0 Å². The van der Waals surface area contributed by atoms with Gasteiger partial charge in [-0.05, 0) is 100 Å². The van der Waals surface area contributed by atoms with Gasteiger partial charge < -0.3 is 20.1 Å².